The van der Waals surface area contributed by atoms with Gasteiger partial charge >= 0.3 is 0 Å². The molecule has 1 aliphatic rings. The summed E-state index contributed by atoms with van der Waals surface area (Å²) in [6, 6.07) is 7.54. The Hall–Kier alpha value is -2.74. The molecule has 1 aromatic carbocycles. The van der Waals surface area contributed by atoms with Crippen molar-refractivity contribution in [3.8, 4) is 17.1 Å². The number of rotatable bonds is 10. The molecule has 7 nitrogen and oxygen atoms in total. The third-order valence-corrected chi connectivity index (χ3v) is 6.45. The van der Waals surface area contributed by atoms with E-state index in [0.717, 1.165) is 30.6 Å². The Bertz CT molecular complexity index is 973. The molecule has 31 heavy (non-hydrogen) atoms. The van der Waals surface area contributed by atoms with E-state index in [1.807, 2.05) is 42.5 Å². The molecule has 0 radical (unpaired) electrons. The molecule has 8 heteroatoms. The Morgan fingerprint density at radius 3 is 2.81 bits per heavy atom. The maximum atomic E-state index is 12.1. The largest absolute Gasteiger partial charge is 0.494 e. The van der Waals surface area contributed by atoms with Gasteiger partial charge < -0.3 is 14.6 Å². The molecule has 164 valence electrons. The van der Waals surface area contributed by atoms with E-state index in [4.69, 9.17) is 14.2 Å². The van der Waals surface area contributed by atoms with E-state index < -0.39 is 0 Å². The zero-order valence-electron chi connectivity index (χ0n) is 17.9. The number of aryl methyl sites for hydroxylation is 4. The normalized spacial score (nSPS) is 13.1. The molecule has 2 aromatic heterocycles. The van der Waals surface area contributed by atoms with E-state index in [-0.39, 0.29) is 5.91 Å². The first-order chi connectivity index (χ1) is 15.2. The number of amides is 1. The number of carbonyl (C=O) groups is 1. The summed E-state index contributed by atoms with van der Waals surface area (Å²) in [5.74, 6) is 1.79. The Morgan fingerprint density at radius 1 is 1.16 bits per heavy atom. The minimum atomic E-state index is -0.000694. The molecule has 1 aliphatic carbocycles. The Morgan fingerprint density at radius 2 is 2.00 bits per heavy atom. The van der Waals surface area contributed by atoms with Crippen LogP contribution in [0.5, 0.6) is 5.75 Å². The Balaban J connectivity index is 1.16. The highest BCUT2D eigenvalue weighted by Gasteiger charge is 2.15. The smallest absolute Gasteiger partial charge is 0.227 e. The molecule has 0 saturated heterocycles. The molecule has 0 spiro atoms. The molecule has 3 aromatic rings. The molecular formula is C23H28N4O3S. The van der Waals surface area contributed by atoms with Crippen LogP contribution < -0.4 is 10.1 Å². The highest BCUT2D eigenvalue weighted by Crippen LogP contribution is 2.27. The molecular weight excluding hydrogens is 412 g/mol. The van der Waals surface area contributed by atoms with Gasteiger partial charge in [-0.1, -0.05) is 5.16 Å². The van der Waals surface area contributed by atoms with Crippen LogP contribution in [-0.2, 0) is 30.5 Å². The van der Waals surface area contributed by atoms with E-state index in [9.17, 15) is 4.79 Å². The average molecular weight is 441 g/mol. The van der Waals surface area contributed by atoms with Crippen molar-refractivity contribution in [2.45, 2.75) is 58.3 Å². The standard InChI is InChI=1S/C23H28N4O3S/c1-2-29-17-11-9-16(10-12-17)23-26-21(30-27-23)14-13-20(28)24-15-5-8-22-25-18-6-3-4-7-19(18)31-22/h9-12H,2-8,13-15H2,1H3,(H,24,28). The van der Waals surface area contributed by atoms with Gasteiger partial charge in [-0.15, -0.1) is 11.3 Å². The van der Waals surface area contributed by atoms with Crippen molar-refractivity contribution < 1.29 is 14.1 Å². The van der Waals surface area contributed by atoms with Crippen molar-refractivity contribution in [3.63, 3.8) is 0 Å². The highest BCUT2D eigenvalue weighted by atomic mass is 32.1. The number of benzene rings is 1. The third-order valence-electron chi connectivity index (χ3n) is 5.24. The first-order valence-corrected chi connectivity index (χ1v) is 11.8. The second-order valence-corrected chi connectivity index (χ2v) is 8.78. The number of aromatic nitrogens is 3. The fraction of sp³-hybridized carbons (Fsp3) is 0.478. The number of nitrogens with zero attached hydrogens (tertiary/aromatic N) is 3. The van der Waals surface area contributed by atoms with Gasteiger partial charge in [-0.3, -0.25) is 4.79 Å². The number of ether oxygens (including phenoxy) is 1. The van der Waals surface area contributed by atoms with Crippen LogP contribution in [0.3, 0.4) is 0 Å². The Labute approximate surface area is 186 Å². The zero-order valence-corrected chi connectivity index (χ0v) is 18.7. The monoisotopic (exact) mass is 440 g/mol. The van der Waals surface area contributed by atoms with E-state index in [0.29, 0.717) is 37.7 Å². The SMILES string of the molecule is CCOc1ccc(-c2noc(CCC(=O)NCCCc3nc4c(s3)CCCC4)n2)cc1. The second-order valence-electron chi connectivity index (χ2n) is 7.61. The Kier molecular flexibility index (Phi) is 7.30. The number of thiazole rings is 1. The fourth-order valence-corrected chi connectivity index (χ4v) is 4.83. The summed E-state index contributed by atoms with van der Waals surface area (Å²) in [5.41, 5.74) is 2.16. The molecule has 0 bridgehead atoms. The topological polar surface area (TPSA) is 90.1 Å². The van der Waals surface area contributed by atoms with Crippen molar-refractivity contribution >= 4 is 17.2 Å². The summed E-state index contributed by atoms with van der Waals surface area (Å²) in [7, 11) is 0. The van der Waals surface area contributed by atoms with Gasteiger partial charge in [0.1, 0.15) is 5.75 Å². The van der Waals surface area contributed by atoms with Crippen molar-refractivity contribution in [2.24, 2.45) is 0 Å². The first-order valence-electron chi connectivity index (χ1n) is 11.0. The lowest BCUT2D eigenvalue weighted by Crippen LogP contribution is -2.25. The van der Waals surface area contributed by atoms with E-state index in [1.165, 1.54) is 34.8 Å². The third kappa shape index (κ3) is 5.91. The number of hydrogen-bond acceptors (Lipinski definition) is 7. The van der Waals surface area contributed by atoms with Crippen LogP contribution in [-0.4, -0.2) is 34.2 Å². The molecule has 0 atom stereocenters. The van der Waals surface area contributed by atoms with Crippen molar-refractivity contribution in [1.82, 2.24) is 20.4 Å². The molecule has 0 unspecified atom stereocenters. The predicted molar refractivity (Wildman–Crippen MR) is 119 cm³/mol. The minimum absolute atomic E-state index is 0.000694. The molecule has 1 amide bonds. The van der Waals surface area contributed by atoms with E-state index in [1.54, 1.807) is 0 Å². The van der Waals surface area contributed by atoms with Crippen LogP contribution in [0.25, 0.3) is 11.4 Å². The molecule has 0 saturated carbocycles. The molecule has 0 fully saturated rings. The number of carbonyl (C=O) groups excluding carboxylic acids is 1. The van der Waals surface area contributed by atoms with Gasteiger partial charge in [-0.25, -0.2) is 4.98 Å². The maximum absolute atomic E-state index is 12.1. The van der Waals surface area contributed by atoms with Crippen molar-refractivity contribution in [2.75, 3.05) is 13.2 Å². The quantitative estimate of drug-likeness (QED) is 0.476. The average Bonchev–Trinajstić information content (AvgIpc) is 3.43. The summed E-state index contributed by atoms with van der Waals surface area (Å²) < 4.78 is 10.7. The summed E-state index contributed by atoms with van der Waals surface area (Å²) in [5, 5.41) is 8.19. The number of nitrogens with one attached hydrogen (secondary N) is 1. The van der Waals surface area contributed by atoms with Crippen molar-refractivity contribution in [1.29, 1.82) is 0 Å². The zero-order chi connectivity index (χ0) is 21.5. The first kappa shape index (κ1) is 21.5. The molecule has 1 N–H and O–H groups in total. The predicted octanol–water partition coefficient (Wildman–Crippen LogP) is 4.15. The van der Waals surface area contributed by atoms with Gasteiger partial charge in [0.15, 0.2) is 0 Å². The van der Waals surface area contributed by atoms with Crippen LogP contribution in [0.1, 0.15) is 54.1 Å². The van der Waals surface area contributed by atoms with Gasteiger partial charge in [-0.05, 0) is 63.3 Å². The van der Waals surface area contributed by atoms with Gasteiger partial charge in [0.05, 0.1) is 17.3 Å². The lowest BCUT2D eigenvalue weighted by atomic mass is 10.0. The maximum Gasteiger partial charge on any atom is 0.227 e. The van der Waals surface area contributed by atoms with E-state index >= 15 is 0 Å². The fourth-order valence-electron chi connectivity index (χ4n) is 3.63. The summed E-state index contributed by atoms with van der Waals surface area (Å²) >= 11 is 1.85. The van der Waals surface area contributed by atoms with Gasteiger partial charge in [0.25, 0.3) is 0 Å². The van der Waals surface area contributed by atoms with Crippen molar-refractivity contribution in [3.05, 3.63) is 45.7 Å². The minimum Gasteiger partial charge on any atom is -0.494 e. The molecule has 0 aliphatic heterocycles. The molecule has 2 heterocycles. The van der Waals surface area contributed by atoms with Crippen LogP contribution >= 0.6 is 11.3 Å². The van der Waals surface area contributed by atoms with Gasteiger partial charge in [0.2, 0.25) is 17.6 Å². The van der Waals surface area contributed by atoms with E-state index in [2.05, 4.69) is 15.5 Å². The van der Waals surface area contributed by atoms with Crippen LogP contribution in [0, 0.1) is 0 Å². The van der Waals surface area contributed by atoms with Crippen LogP contribution in [0.2, 0.25) is 0 Å². The highest BCUT2D eigenvalue weighted by molar-refractivity contribution is 7.11. The lowest BCUT2D eigenvalue weighted by molar-refractivity contribution is -0.121. The van der Waals surface area contributed by atoms with Crippen LogP contribution in [0.4, 0.5) is 0 Å². The van der Waals surface area contributed by atoms with Crippen LogP contribution in [0.15, 0.2) is 28.8 Å². The summed E-state index contributed by atoms with van der Waals surface area (Å²) in [6.07, 6.45) is 7.43. The number of fused-ring (bicyclic) bond motifs is 1. The van der Waals surface area contributed by atoms with Gasteiger partial charge in [-0.2, -0.15) is 4.98 Å². The summed E-state index contributed by atoms with van der Waals surface area (Å²) in [4.78, 5) is 22.7. The second kappa shape index (κ2) is 10.5. The summed E-state index contributed by atoms with van der Waals surface area (Å²) in [6.45, 7) is 3.23. The number of hydrogen-bond donors (Lipinski definition) is 1. The lowest BCUT2D eigenvalue weighted by Gasteiger charge is -2.06. The molecule has 4 rings (SSSR count). The van der Waals surface area contributed by atoms with Gasteiger partial charge in [0, 0.05) is 36.2 Å².